The summed E-state index contributed by atoms with van der Waals surface area (Å²) < 4.78 is 28.4. The average molecular weight is 257 g/mol. The molecule has 0 aliphatic carbocycles. The Kier molecular flexibility index (Phi) is 5.44. The number of benzene rings is 1. The van der Waals surface area contributed by atoms with Gasteiger partial charge in [0.25, 0.3) is 10.1 Å². The van der Waals surface area contributed by atoms with Gasteiger partial charge in [-0.2, -0.15) is 8.42 Å². The van der Waals surface area contributed by atoms with E-state index < -0.39 is 10.1 Å². The third-order valence-corrected chi connectivity index (χ3v) is 3.69. The molecule has 0 radical (unpaired) electrons. The fraction of sp³-hybridized carbons (Fsp3) is 0.500. The van der Waals surface area contributed by atoms with Crippen LogP contribution in [0.3, 0.4) is 0 Å². The van der Waals surface area contributed by atoms with Gasteiger partial charge in [0, 0.05) is 5.69 Å². The molecule has 0 heterocycles. The van der Waals surface area contributed by atoms with E-state index in [1.165, 1.54) is 12.1 Å². The molecule has 0 amide bonds. The molecule has 0 aliphatic heterocycles. The lowest BCUT2D eigenvalue weighted by molar-refractivity contribution is 0.307. The number of nitrogen functional groups attached to an aromatic ring is 1. The van der Waals surface area contributed by atoms with Crippen LogP contribution in [0.4, 0.5) is 5.69 Å². The summed E-state index contributed by atoms with van der Waals surface area (Å²) in [6.07, 6.45) is 3.96. The van der Waals surface area contributed by atoms with E-state index >= 15 is 0 Å². The van der Waals surface area contributed by atoms with Crippen molar-refractivity contribution in [3.8, 4) is 0 Å². The fourth-order valence-electron chi connectivity index (χ4n) is 1.44. The van der Waals surface area contributed by atoms with Crippen LogP contribution in [-0.4, -0.2) is 15.0 Å². The maximum absolute atomic E-state index is 11.7. The van der Waals surface area contributed by atoms with Gasteiger partial charge in [-0.05, 0) is 24.6 Å². The molecule has 96 valence electrons. The van der Waals surface area contributed by atoms with Gasteiger partial charge >= 0.3 is 0 Å². The highest BCUT2D eigenvalue weighted by Gasteiger charge is 2.14. The van der Waals surface area contributed by atoms with Crippen molar-refractivity contribution in [2.24, 2.45) is 0 Å². The molecule has 1 aromatic carbocycles. The van der Waals surface area contributed by atoms with Crippen molar-refractivity contribution < 1.29 is 12.6 Å². The molecule has 0 fully saturated rings. The number of hydrogen-bond donors (Lipinski definition) is 1. The summed E-state index contributed by atoms with van der Waals surface area (Å²) in [5.74, 6) is 0. The first kappa shape index (κ1) is 14.0. The average Bonchev–Trinajstić information content (AvgIpc) is 2.29. The highest BCUT2D eigenvalue weighted by Crippen LogP contribution is 2.15. The van der Waals surface area contributed by atoms with Gasteiger partial charge in [0.2, 0.25) is 0 Å². The lowest BCUT2D eigenvalue weighted by Crippen LogP contribution is -2.08. The quantitative estimate of drug-likeness (QED) is 0.463. The minimum absolute atomic E-state index is 0.119. The maximum Gasteiger partial charge on any atom is 0.297 e. The fourth-order valence-corrected chi connectivity index (χ4v) is 2.43. The second kappa shape index (κ2) is 6.61. The van der Waals surface area contributed by atoms with Crippen molar-refractivity contribution in [2.45, 2.75) is 37.5 Å². The topological polar surface area (TPSA) is 69.4 Å². The Morgan fingerprint density at radius 3 is 2.65 bits per heavy atom. The van der Waals surface area contributed by atoms with Crippen molar-refractivity contribution in [1.82, 2.24) is 0 Å². The standard InChI is InChI=1S/C12H19NO3S/c1-2-3-4-5-9-16-17(14,15)12-8-6-7-11(13)10-12/h6-8,10H,2-5,9,13H2,1H3. The normalized spacial score (nSPS) is 11.6. The molecule has 0 saturated heterocycles. The smallest absolute Gasteiger partial charge is 0.297 e. The van der Waals surface area contributed by atoms with Gasteiger partial charge in [0.05, 0.1) is 11.5 Å². The minimum atomic E-state index is -3.65. The van der Waals surface area contributed by atoms with Gasteiger partial charge in [0.1, 0.15) is 0 Å². The summed E-state index contributed by atoms with van der Waals surface area (Å²) in [4.78, 5) is 0.119. The monoisotopic (exact) mass is 257 g/mol. The molecule has 1 aromatic rings. The largest absolute Gasteiger partial charge is 0.399 e. The number of nitrogens with two attached hydrogens (primary N) is 1. The summed E-state index contributed by atoms with van der Waals surface area (Å²) in [7, 11) is -3.65. The summed E-state index contributed by atoms with van der Waals surface area (Å²) >= 11 is 0. The Morgan fingerprint density at radius 2 is 2.00 bits per heavy atom. The Bertz CT molecular complexity index is 443. The Balaban J connectivity index is 2.51. The molecule has 0 aromatic heterocycles. The van der Waals surface area contributed by atoms with Crippen molar-refractivity contribution in [1.29, 1.82) is 0 Å². The van der Waals surface area contributed by atoms with E-state index in [0.29, 0.717) is 5.69 Å². The molecular formula is C12H19NO3S. The number of anilines is 1. The second-order valence-corrected chi connectivity index (χ2v) is 5.52. The summed E-state index contributed by atoms with van der Waals surface area (Å²) in [6.45, 7) is 2.33. The highest BCUT2D eigenvalue weighted by molar-refractivity contribution is 7.86. The molecule has 2 N–H and O–H groups in total. The van der Waals surface area contributed by atoms with Crippen LogP contribution in [0.15, 0.2) is 29.2 Å². The van der Waals surface area contributed by atoms with E-state index in [-0.39, 0.29) is 11.5 Å². The first-order valence-electron chi connectivity index (χ1n) is 5.81. The van der Waals surface area contributed by atoms with Crippen LogP contribution in [0.5, 0.6) is 0 Å². The zero-order chi connectivity index (χ0) is 12.7. The van der Waals surface area contributed by atoms with Crippen LogP contribution >= 0.6 is 0 Å². The van der Waals surface area contributed by atoms with E-state index in [9.17, 15) is 8.42 Å². The minimum Gasteiger partial charge on any atom is -0.399 e. The van der Waals surface area contributed by atoms with E-state index in [1.54, 1.807) is 12.1 Å². The molecule has 0 atom stereocenters. The van der Waals surface area contributed by atoms with Gasteiger partial charge in [-0.1, -0.05) is 32.3 Å². The number of unbranched alkanes of at least 4 members (excludes halogenated alkanes) is 3. The lowest BCUT2D eigenvalue weighted by atomic mass is 10.2. The Morgan fingerprint density at radius 1 is 1.24 bits per heavy atom. The number of rotatable bonds is 7. The Hall–Kier alpha value is -1.07. The molecule has 1 rings (SSSR count). The summed E-state index contributed by atoms with van der Waals surface area (Å²) in [6, 6.07) is 6.13. The molecular weight excluding hydrogens is 238 g/mol. The van der Waals surface area contributed by atoms with Crippen LogP contribution < -0.4 is 5.73 Å². The van der Waals surface area contributed by atoms with E-state index in [4.69, 9.17) is 9.92 Å². The van der Waals surface area contributed by atoms with Gasteiger partial charge in [-0.15, -0.1) is 0 Å². The molecule has 4 nitrogen and oxygen atoms in total. The Labute approximate surface area is 103 Å². The zero-order valence-electron chi connectivity index (χ0n) is 10.1. The predicted octanol–water partition coefficient (Wildman–Crippen LogP) is 2.55. The van der Waals surface area contributed by atoms with E-state index in [1.807, 2.05) is 0 Å². The second-order valence-electron chi connectivity index (χ2n) is 3.91. The summed E-state index contributed by atoms with van der Waals surface area (Å²) in [5, 5.41) is 0. The van der Waals surface area contributed by atoms with Crippen LogP contribution in [0.1, 0.15) is 32.6 Å². The first-order valence-corrected chi connectivity index (χ1v) is 7.22. The van der Waals surface area contributed by atoms with E-state index in [2.05, 4.69) is 6.92 Å². The molecule has 0 bridgehead atoms. The van der Waals surface area contributed by atoms with Crippen LogP contribution in [0.2, 0.25) is 0 Å². The summed E-state index contributed by atoms with van der Waals surface area (Å²) in [5.41, 5.74) is 5.95. The molecule has 5 heteroatoms. The van der Waals surface area contributed by atoms with Crippen LogP contribution in [0, 0.1) is 0 Å². The molecule has 0 unspecified atom stereocenters. The van der Waals surface area contributed by atoms with Crippen molar-refractivity contribution in [3.05, 3.63) is 24.3 Å². The zero-order valence-corrected chi connectivity index (χ0v) is 10.9. The van der Waals surface area contributed by atoms with Gasteiger partial charge < -0.3 is 5.73 Å². The highest BCUT2D eigenvalue weighted by atomic mass is 32.2. The van der Waals surface area contributed by atoms with Crippen molar-refractivity contribution in [2.75, 3.05) is 12.3 Å². The maximum atomic E-state index is 11.7. The van der Waals surface area contributed by atoms with Crippen LogP contribution in [0.25, 0.3) is 0 Å². The molecule has 0 saturated carbocycles. The molecule has 0 spiro atoms. The predicted molar refractivity (Wildman–Crippen MR) is 68.1 cm³/mol. The van der Waals surface area contributed by atoms with Gasteiger partial charge in [-0.25, -0.2) is 0 Å². The van der Waals surface area contributed by atoms with Crippen molar-refractivity contribution in [3.63, 3.8) is 0 Å². The van der Waals surface area contributed by atoms with Crippen molar-refractivity contribution >= 4 is 15.8 Å². The van der Waals surface area contributed by atoms with Crippen LogP contribution in [-0.2, 0) is 14.3 Å². The third-order valence-electron chi connectivity index (χ3n) is 2.38. The van der Waals surface area contributed by atoms with Gasteiger partial charge in [-0.3, -0.25) is 4.18 Å². The number of hydrogen-bond acceptors (Lipinski definition) is 4. The molecule has 17 heavy (non-hydrogen) atoms. The third kappa shape index (κ3) is 4.75. The molecule has 0 aliphatic rings. The van der Waals surface area contributed by atoms with Gasteiger partial charge in [0.15, 0.2) is 0 Å². The lowest BCUT2D eigenvalue weighted by Gasteiger charge is -2.05. The van der Waals surface area contributed by atoms with E-state index in [0.717, 1.165) is 25.7 Å². The SMILES string of the molecule is CCCCCCOS(=O)(=O)c1cccc(N)c1. The first-order chi connectivity index (χ1) is 8.06.